The maximum atomic E-state index is 11.5. The molecule has 0 bridgehead atoms. The molecule has 1 aromatic heterocycles. The monoisotopic (exact) mass is 270 g/mol. The standard InChI is InChI=1S/C11H11ClN2O2S/c1-3-13-11-14-8-4-6(10(15)16-2)7(12)5-9(8)17-11/h4-5H,3H2,1-2H3,(H,13,14). The molecule has 0 aliphatic heterocycles. The van der Waals surface area contributed by atoms with Crippen molar-refractivity contribution in [1.29, 1.82) is 0 Å². The first-order valence-electron chi connectivity index (χ1n) is 5.08. The molecule has 1 heterocycles. The zero-order valence-corrected chi connectivity index (χ0v) is 11.0. The summed E-state index contributed by atoms with van der Waals surface area (Å²) in [5, 5.41) is 4.33. The van der Waals surface area contributed by atoms with Gasteiger partial charge in [-0.3, -0.25) is 0 Å². The first-order chi connectivity index (χ1) is 8.15. The Morgan fingerprint density at radius 2 is 2.35 bits per heavy atom. The van der Waals surface area contributed by atoms with Crippen molar-refractivity contribution in [2.24, 2.45) is 0 Å². The van der Waals surface area contributed by atoms with Crippen LogP contribution >= 0.6 is 22.9 Å². The zero-order chi connectivity index (χ0) is 12.4. The molecule has 0 aliphatic carbocycles. The number of ether oxygens (including phenoxy) is 1. The van der Waals surface area contributed by atoms with E-state index in [2.05, 4.69) is 15.0 Å². The number of halogens is 1. The molecule has 0 saturated carbocycles. The van der Waals surface area contributed by atoms with E-state index >= 15 is 0 Å². The lowest BCUT2D eigenvalue weighted by Crippen LogP contribution is -2.01. The number of thiazole rings is 1. The number of benzene rings is 1. The number of carbonyl (C=O) groups excluding carboxylic acids is 1. The van der Waals surface area contributed by atoms with Crippen LogP contribution in [0.25, 0.3) is 10.2 Å². The second kappa shape index (κ2) is 4.89. The van der Waals surface area contributed by atoms with E-state index in [-0.39, 0.29) is 0 Å². The zero-order valence-electron chi connectivity index (χ0n) is 9.41. The smallest absolute Gasteiger partial charge is 0.339 e. The minimum Gasteiger partial charge on any atom is -0.465 e. The fraction of sp³-hybridized carbons (Fsp3) is 0.273. The topological polar surface area (TPSA) is 51.2 Å². The minimum absolute atomic E-state index is 0.343. The minimum atomic E-state index is -0.449. The summed E-state index contributed by atoms with van der Waals surface area (Å²) in [6.07, 6.45) is 0. The van der Waals surface area contributed by atoms with Crippen molar-refractivity contribution in [3.05, 3.63) is 22.7 Å². The van der Waals surface area contributed by atoms with Gasteiger partial charge in [-0.2, -0.15) is 0 Å². The van der Waals surface area contributed by atoms with Crippen molar-refractivity contribution >= 4 is 44.3 Å². The number of nitrogens with one attached hydrogen (secondary N) is 1. The third-order valence-corrected chi connectivity index (χ3v) is 3.50. The molecule has 0 atom stereocenters. The van der Waals surface area contributed by atoms with Crippen LogP contribution in [0, 0.1) is 0 Å². The quantitative estimate of drug-likeness (QED) is 0.871. The normalized spacial score (nSPS) is 10.5. The Kier molecular flexibility index (Phi) is 3.49. The molecule has 0 radical (unpaired) electrons. The number of anilines is 1. The van der Waals surface area contributed by atoms with Gasteiger partial charge in [0.15, 0.2) is 5.13 Å². The van der Waals surface area contributed by atoms with E-state index in [0.717, 1.165) is 21.9 Å². The van der Waals surface area contributed by atoms with Gasteiger partial charge in [-0.1, -0.05) is 22.9 Å². The molecule has 1 aromatic carbocycles. The third kappa shape index (κ3) is 2.35. The summed E-state index contributed by atoms with van der Waals surface area (Å²) in [7, 11) is 1.33. The summed E-state index contributed by atoms with van der Waals surface area (Å²) in [6, 6.07) is 3.39. The lowest BCUT2D eigenvalue weighted by molar-refractivity contribution is 0.0601. The van der Waals surface area contributed by atoms with Crippen LogP contribution in [0.3, 0.4) is 0 Å². The molecule has 4 nitrogen and oxygen atoms in total. The molecule has 2 aromatic rings. The van der Waals surface area contributed by atoms with E-state index in [9.17, 15) is 4.79 Å². The van der Waals surface area contributed by atoms with Gasteiger partial charge >= 0.3 is 5.97 Å². The molecule has 0 amide bonds. The summed E-state index contributed by atoms with van der Waals surface area (Å²) >= 11 is 7.53. The molecular weight excluding hydrogens is 260 g/mol. The molecule has 0 saturated heterocycles. The van der Waals surface area contributed by atoms with E-state index in [1.807, 2.05) is 6.92 Å². The highest BCUT2D eigenvalue weighted by Crippen LogP contribution is 2.30. The predicted octanol–water partition coefficient (Wildman–Crippen LogP) is 3.17. The van der Waals surface area contributed by atoms with E-state index < -0.39 is 5.97 Å². The summed E-state index contributed by atoms with van der Waals surface area (Å²) in [5.41, 5.74) is 1.09. The number of esters is 1. The fourth-order valence-electron chi connectivity index (χ4n) is 1.44. The number of rotatable bonds is 3. The first-order valence-corrected chi connectivity index (χ1v) is 6.27. The number of aromatic nitrogens is 1. The van der Waals surface area contributed by atoms with E-state index in [1.165, 1.54) is 18.4 Å². The Labute approximate surface area is 108 Å². The molecule has 0 unspecified atom stereocenters. The van der Waals surface area contributed by atoms with Gasteiger partial charge in [0, 0.05) is 6.54 Å². The number of fused-ring (bicyclic) bond motifs is 1. The van der Waals surface area contributed by atoms with E-state index in [1.54, 1.807) is 12.1 Å². The SMILES string of the molecule is CCNc1nc2cc(C(=O)OC)c(Cl)cc2s1. The lowest BCUT2D eigenvalue weighted by Gasteiger charge is -2.01. The van der Waals surface area contributed by atoms with Gasteiger partial charge in [0.2, 0.25) is 0 Å². The molecule has 17 heavy (non-hydrogen) atoms. The van der Waals surface area contributed by atoms with Gasteiger partial charge in [-0.25, -0.2) is 9.78 Å². The van der Waals surface area contributed by atoms with Crippen LogP contribution in [-0.2, 0) is 4.74 Å². The Bertz CT molecular complexity index is 568. The van der Waals surface area contributed by atoms with Gasteiger partial charge in [-0.15, -0.1) is 0 Å². The molecular formula is C11H11ClN2O2S. The van der Waals surface area contributed by atoms with Crippen molar-refractivity contribution in [2.45, 2.75) is 6.92 Å². The van der Waals surface area contributed by atoms with Crippen LogP contribution in [0.1, 0.15) is 17.3 Å². The van der Waals surface area contributed by atoms with Crippen LogP contribution in [-0.4, -0.2) is 24.6 Å². The summed E-state index contributed by atoms with van der Waals surface area (Å²) in [6.45, 7) is 2.80. The van der Waals surface area contributed by atoms with Gasteiger partial charge in [0.25, 0.3) is 0 Å². The molecule has 6 heteroatoms. The number of hydrogen-bond acceptors (Lipinski definition) is 5. The highest BCUT2D eigenvalue weighted by molar-refractivity contribution is 7.22. The lowest BCUT2D eigenvalue weighted by atomic mass is 10.2. The van der Waals surface area contributed by atoms with E-state index in [0.29, 0.717) is 10.6 Å². The Morgan fingerprint density at radius 3 is 3.00 bits per heavy atom. The Morgan fingerprint density at radius 1 is 1.59 bits per heavy atom. The Hall–Kier alpha value is -1.33. The summed E-state index contributed by atoms with van der Waals surface area (Å²) < 4.78 is 5.60. The molecule has 0 fully saturated rings. The van der Waals surface area contributed by atoms with Gasteiger partial charge in [-0.05, 0) is 19.1 Å². The van der Waals surface area contributed by atoms with Crippen molar-refractivity contribution in [2.75, 3.05) is 19.0 Å². The van der Waals surface area contributed by atoms with Crippen LogP contribution < -0.4 is 5.32 Å². The van der Waals surface area contributed by atoms with Gasteiger partial charge in [0.05, 0.1) is 27.9 Å². The predicted molar refractivity (Wildman–Crippen MR) is 70.1 cm³/mol. The number of nitrogens with zero attached hydrogens (tertiary/aromatic N) is 1. The average Bonchev–Trinajstić information content (AvgIpc) is 2.69. The van der Waals surface area contributed by atoms with Gasteiger partial charge < -0.3 is 10.1 Å². The van der Waals surface area contributed by atoms with Crippen LogP contribution in [0.2, 0.25) is 5.02 Å². The molecule has 90 valence electrons. The first kappa shape index (κ1) is 12.1. The molecule has 0 aliphatic rings. The molecule has 2 rings (SSSR count). The van der Waals surface area contributed by atoms with Crippen molar-refractivity contribution in [3.8, 4) is 0 Å². The molecule has 0 spiro atoms. The van der Waals surface area contributed by atoms with Crippen LogP contribution in [0.15, 0.2) is 12.1 Å². The van der Waals surface area contributed by atoms with E-state index in [4.69, 9.17) is 11.6 Å². The number of methoxy groups -OCH3 is 1. The van der Waals surface area contributed by atoms with Crippen LogP contribution in [0.5, 0.6) is 0 Å². The van der Waals surface area contributed by atoms with Crippen molar-refractivity contribution in [3.63, 3.8) is 0 Å². The van der Waals surface area contributed by atoms with Crippen molar-refractivity contribution in [1.82, 2.24) is 4.98 Å². The highest BCUT2D eigenvalue weighted by Gasteiger charge is 2.14. The average molecular weight is 271 g/mol. The fourth-order valence-corrected chi connectivity index (χ4v) is 2.70. The number of hydrogen-bond donors (Lipinski definition) is 1. The summed E-state index contributed by atoms with van der Waals surface area (Å²) in [4.78, 5) is 15.8. The second-order valence-electron chi connectivity index (χ2n) is 3.34. The van der Waals surface area contributed by atoms with Crippen molar-refractivity contribution < 1.29 is 9.53 Å². The second-order valence-corrected chi connectivity index (χ2v) is 4.78. The van der Waals surface area contributed by atoms with Crippen LogP contribution in [0.4, 0.5) is 5.13 Å². The Balaban J connectivity index is 2.51. The van der Waals surface area contributed by atoms with Gasteiger partial charge in [0.1, 0.15) is 0 Å². The third-order valence-electron chi connectivity index (χ3n) is 2.21. The maximum absolute atomic E-state index is 11.5. The largest absolute Gasteiger partial charge is 0.465 e. The maximum Gasteiger partial charge on any atom is 0.339 e. The number of carbonyl (C=O) groups is 1. The summed E-state index contributed by atoms with van der Waals surface area (Å²) in [5.74, 6) is -0.449. The molecule has 1 N–H and O–H groups in total. The highest BCUT2D eigenvalue weighted by atomic mass is 35.5.